The van der Waals surface area contributed by atoms with Crippen molar-refractivity contribution in [2.45, 2.75) is 39.5 Å². The quantitative estimate of drug-likeness (QED) is 0.665. The third-order valence-electron chi connectivity index (χ3n) is 5.48. The minimum Gasteiger partial charge on any atom is -0.342 e. The molecule has 1 aromatic rings. The summed E-state index contributed by atoms with van der Waals surface area (Å²) in [7, 11) is 0. The van der Waals surface area contributed by atoms with E-state index in [0.29, 0.717) is 0 Å². The van der Waals surface area contributed by atoms with Crippen molar-refractivity contribution in [1.82, 2.24) is 9.88 Å². The van der Waals surface area contributed by atoms with Crippen LogP contribution in [0.3, 0.4) is 0 Å². The van der Waals surface area contributed by atoms with Gasteiger partial charge in [0.2, 0.25) is 5.91 Å². The van der Waals surface area contributed by atoms with Gasteiger partial charge in [-0.2, -0.15) is 0 Å². The van der Waals surface area contributed by atoms with Crippen LogP contribution in [0.1, 0.15) is 43.0 Å². The Labute approximate surface area is 159 Å². The van der Waals surface area contributed by atoms with E-state index in [1.807, 2.05) is 17.2 Å². The number of allylic oxidation sites excluding steroid dienone is 7. The van der Waals surface area contributed by atoms with E-state index in [1.165, 1.54) is 33.4 Å². The lowest BCUT2D eigenvalue weighted by atomic mass is 9.84. The fourth-order valence-corrected chi connectivity index (χ4v) is 4.32. The third kappa shape index (κ3) is 3.16. The molecule has 1 aliphatic heterocycles. The van der Waals surface area contributed by atoms with Gasteiger partial charge in [0.1, 0.15) is 0 Å². The number of piperidine rings is 1. The van der Waals surface area contributed by atoms with Crippen LogP contribution in [-0.4, -0.2) is 28.9 Å². The number of likely N-dealkylation sites (tertiary alicyclic amines) is 1. The standard InChI is InChI=1S/C22H23ClN2O/c1-14-11-18-4-3-17-12-19(23)5-6-20(17)21(22(18)24-13-14)16-7-9-25(10-8-16)15(2)26/h3,5-6,11,13H,4,7-10,12H2,1-2H3. The Balaban J connectivity index is 1.85. The van der Waals surface area contributed by atoms with Crippen LogP contribution in [-0.2, 0) is 11.2 Å². The average Bonchev–Trinajstić information content (AvgIpc) is 2.78. The largest absolute Gasteiger partial charge is 0.342 e. The van der Waals surface area contributed by atoms with E-state index < -0.39 is 0 Å². The first-order valence-corrected chi connectivity index (χ1v) is 9.60. The van der Waals surface area contributed by atoms with Gasteiger partial charge in [-0.25, -0.2) is 0 Å². The molecule has 2 heterocycles. The topological polar surface area (TPSA) is 33.2 Å². The molecule has 4 rings (SSSR count). The molecular formula is C22H23ClN2O. The van der Waals surface area contributed by atoms with Gasteiger partial charge in [-0.05, 0) is 54.5 Å². The monoisotopic (exact) mass is 366 g/mol. The van der Waals surface area contributed by atoms with Crippen LogP contribution in [0.5, 0.6) is 0 Å². The van der Waals surface area contributed by atoms with Gasteiger partial charge in [-0.15, -0.1) is 0 Å². The predicted molar refractivity (Wildman–Crippen MR) is 106 cm³/mol. The van der Waals surface area contributed by atoms with Crippen LogP contribution in [0.15, 0.2) is 52.2 Å². The number of amides is 1. The first-order valence-electron chi connectivity index (χ1n) is 9.22. The summed E-state index contributed by atoms with van der Waals surface area (Å²) in [6, 6.07) is 2.25. The van der Waals surface area contributed by atoms with Crippen molar-refractivity contribution < 1.29 is 4.79 Å². The van der Waals surface area contributed by atoms with Gasteiger partial charge in [0.25, 0.3) is 0 Å². The summed E-state index contributed by atoms with van der Waals surface area (Å²) < 4.78 is 0. The zero-order valence-electron chi connectivity index (χ0n) is 15.3. The molecule has 1 saturated heterocycles. The minimum atomic E-state index is 0.163. The molecule has 0 spiro atoms. The van der Waals surface area contributed by atoms with Crippen LogP contribution < -0.4 is 0 Å². The number of hydrogen-bond donors (Lipinski definition) is 0. The van der Waals surface area contributed by atoms with Crippen molar-refractivity contribution in [3.8, 4) is 0 Å². The van der Waals surface area contributed by atoms with Gasteiger partial charge in [0.05, 0.1) is 5.69 Å². The summed E-state index contributed by atoms with van der Waals surface area (Å²) >= 11 is 6.31. The van der Waals surface area contributed by atoms with E-state index in [1.54, 1.807) is 6.92 Å². The minimum absolute atomic E-state index is 0.163. The van der Waals surface area contributed by atoms with Crippen LogP contribution >= 0.6 is 11.6 Å². The number of pyridine rings is 1. The summed E-state index contributed by atoms with van der Waals surface area (Å²) in [6.07, 6.45) is 11.9. The Morgan fingerprint density at radius 3 is 2.73 bits per heavy atom. The van der Waals surface area contributed by atoms with Gasteiger partial charge in [0, 0.05) is 43.2 Å². The molecule has 0 saturated carbocycles. The van der Waals surface area contributed by atoms with Crippen LogP contribution in [0.25, 0.3) is 5.57 Å². The molecule has 0 radical (unpaired) electrons. The normalized spacial score (nSPS) is 19.8. The SMILES string of the molecule is CC(=O)N1CCC(=C2C3=CC=C(Cl)CC3=CCc3cc(C)cnc32)CC1. The maximum absolute atomic E-state index is 11.7. The maximum atomic E-state index is 11.7. The van der Waals surface area contributed by atoms with E-state index in [4.69, 9.17) is 16.6 Å². The van der Waals surface area contributed by atoms with Gasteiger partial charge < -0.3 is 4.90 Å². The molecule has 26 heavy (non-hydrogen) atoms. The number of aromatic nitrogens is 1. The molecule has 4 heteroatoms. The molecule has 0 unspecified atom stereocenters. The molecule has 0 N–H and O–H groups in total. The summed E-state index contributed by atoms with van der Waals surface area (Å²) in [6.45, 7) is 5.32. The number of fused-ring (bicyclic) bond motifs is 2. The summed E-state index contributed by atoms with van der Waals surface area (Å²) in [5, 5.41) is 0.880. The van der Waals surface area contributed by atoms with Crippen molar-refractivity contribution >= 4 is 23.1 Å². The van der Waals surface area contributed by atoms with Crippen molar-refractivity contribution in [3.63, 3.8) is 0 Å². The summed E-state index contributed by atoms with van der Waals surface area (Å²) in [5.41, 5.74) is 8.80. The number of nitrogens with zero attached hydrogens (tertiary/aromatic N) is 2. The molecule has 134 valence electrons. The Bertz CT molecular complexity index is 895. The third-order valence-corrected chi connectivity index (χ3v) is 5.74. The molecule has 0 aromatic carbocycles. The molecule has 1 fully saturated rings. The summed E-state index contributed by atoms with van der Waals surface area (Å²) in [5.74, 6) is 0.163. The average molecular weight is 367 g/mol. The van der Waals surface area contributed by atoms with Gasteiger partial charge in [0.15, 0.2) is 0 Å². The zero-order valence-corrected chi connectivity index (χ0v) is 16.1. The Hall–Kier alpha value is -2.13. The number of rotatable bonds is 0. The number of halogens is 1. The molecule has 3 nitrogen and oxygen atoms in total. The van der Waals surface area contributed by atoms with E-state index in [2.05, 4.69) is 25.1 Å². The van der Waals surface area contributed by atoms with Gasteiger partial charge in [-0.1, -0.05) is 35.4 Å². The van der Waals surface area contributed by atoms with Crippen molar-refractivity contribution in [2.75, 3.05) is 13.1 Å². The molecular weight excluding hydrogens is 344 g/mol. The highest BCUT2D eigenvalue weighted by Crippen LogP contribution is 2.42. The van der Waals surface area contributed by atoms with E-state index in [9.17, 15) is 4.79 Å². The lowest BCUT2D eigenvalue weighted by Gasteiger charge is -2.30. The highest BCUT2D eigenvalue weighted by Gasteiger charge is 2.27. The van der Waals surface area contributed by atoms with E-state index >= 15 is 0 Å². The van der Waals surface area contributed by atoms with Crippen molar-refractivity contribution in [2.24, 2.45) is 0 Å². The highest BCUT2D eigenvalue weighted by atomic mass is 35.5. The fourth-order valence-electron chi connectivity index (χ4n) is 4.11. The molecule has 0 atom stereocenters. The predicted octanol–water partition coefficient (Wildman–Crippen LogP) is 4.72. The smallest absolute Gasteiger partial charge is 0.219 e. The van der Waals surface area contributed by atoms with Crippen LogP contribution in [0.4, 0.5) is 0 Å². The number of hydrogen-bond acceptors (Lipinski definition) is 2. The fraction of sp³-hybridized carbons (Fsp3) is 0.364. The lowest BCUT2D eigenvalue weighted by molar-refractivity contribution is -0.129. The lowest BCUT2D eigenvalue weighted by Crippen LogP contribution is -2.34. The van der Waals surface area contributed by atoms with Gasteiger partial charge >= 0.3 is 0 Å². The summed E-state index contributed by atoms with van der Waals surface area (Å²) in [4.78, 5) is 18.5. The van der Waals surface area contributed by atoms with Crippen molar-refractivity contribution in [3.05, 3.63) is 69.1 Å². The Morgan fingerprint density at radius 2 is 2.00 bits per heavy atom. The van der Waals surface area contributed by atoms with E-state index in [0.717, 1.165) is 49.5 Å². The zero-order chi connectivity index (χ0) is 18.3. The number of aryl methyl sites for hydroxylation is 1. The van der Waals surface area contributed by atoms with Crippen LogP contribution in [0, 0.1) is 6.92 Å². The molecule has 0 bridgehead atoms. The second-order valence-electron chi connectivity index (χ2n) is 7.31. The second-order valence-corrected chi connectivity index (χ2v) is 7.79. The number of carbonyl (C=O) groups is 1. The Morgan fingerprint density at radius 1 is 1.23 bits per heavy atom. The van der Waals surface area contributed by atoms with Gasteiger partial charge in [-0.3, -0.25) is 9.78 Å². The second kappa shape index (κ2) is 6.88. The number of carbonyl (C=O) groups excluding carboxylic acids is 1. The van der Waals surface area contributed by atoms with Crippen LogP contribution in [0.2, 0.25) is 0 Å². The highest BCUT2D eigenvalue weighted by molar-refractivity contribution is 6.30. The molecule has 1 amide bonds. The van der Waals surface area contributed by atoms with Crippen molar-refractivity contribution in [1.29, 1.82) is 0 Å². The first-order chi connectivity index (χ1) is 12.5. The first kappa shape index (κ1) is 17.3. The Kier molecular flexibility index (Phi) is 4.58. The molecule has 1 aromatic heterocycles. The van der Waals surface area contributed by atoms with E-state index in [-0.39, 0.29) is 5.91 Å². The molecule has 3 aliphatic rings. The maximum Gasteiger partial charge on any atom is 0.219 e. The molecule has 2 aliphatic carbocycles.